The van der Waals surface area contributed by atoms with Crippen LogP contribution in [0.2, 0.25) is 0 Å². The Morgan fingerprint density at radius 1 is 1.27 bits per heavy atom. The molecule has 1 aromatic carbocycles. The fourth-order valence-electron chi connectivity index (χ4n) is 1.94. The van der Waals surface area contributed by atoms with E-state index in [1.54, 1.807) is 11.5 Å². The van der Waals surface area contributed by atoms with Crippen LogP contribution < -0.4 is 5.32 Å². The summed E-state index contributed by atoms with van der Waals surface area (Å²) in [6.07, 6.45) is 2.94. The predicted molar refractivity (Wildman–Crippen MR) is 97.6 cm³/mol. The standard InChI is InChI=1S/C18H18N2O5S/c1-12-5-3-4-6-13(12)7-8-16(22)25-10-15(21)20-18-19-14(11-26-18)9-17(23)24-2/h3-8,11H,9-10H2,1-2H3,(H,19,20,21)/b8-7+. The Kier molecular flexibility index (Phi) is 7.04. The number of esters is 2. The Bertz CT molecular complexity index is 828. The molecule has 1 heterocycles. The number of hydrogen-bond donors (Lipinski definition) is 1. The van der Waals surface area contributed by atoms with Gasteiger partial charge in [-0.25, -0.2) is 9.78 Å². The van der Waals surface area contributed by atoms with Gasteiger partial charge in [-0.1, -0.05) is 24.3 Å². The second kappa shape index (κ2) is 9.47. The molecule has 26 heavy (non-hydrogen) atoms. The minimum atomic E-state index is -0.617. The number of ether oxygens (including phenoxy) is 2. The summed E-state index contributed by atoms with van der Waals surface area (Å²) < 4.78 is 9.44. The Hall–Kier alpha value is -3.00. The van der Waals surface area contributed by atoms with E-state index in [1.165, 1.54) is 24.5 Å². The summed E-state index contributed by atoms with van der Waals surface area (Å²) in [7, 11) is 1.29. The number of thiazole rings is 1. The zero-order chi connectivity index (χ0) is 18.9. The number of nitrogens with one attached hydrogen (secondary N) is 1. The van der Waals surface area contributed by atoms with Crippen molar-refractivity contribution < 1.29 is 23.9 Å². The molecule has 0 aliphatic heterocycles. The number of carbonyl (C=O) groups excluding carboxylic acids is 3. The topological polar surface area (TPSA) is 94.6 Å². The number of aromatic nitrogens is 1. The SMILES string of the molecule is COC(=O)Cc1csc(NC(=O)COC(=O)/C=C/c2ccccc2C)n1. The Balaban J connectivity index is 1.78. The van der Waals surface area contributed by atoms with Gasteiger partial charge >= 0.3 is 11.9 Å². The molecular weight excluding hydrogens is 356 g/mol. The van der Waals surface area contributed by atoms with Crippen molar-refractivity contribution in [2.24, 2.45) is 0 Å². The highest BCUT2D eigenvalue weighted by Gasteiger charge is 2.11. The zero-order valence-electron chi connectivity index (χ0n) is 14.4. The molecule has 1 N–H and O–H groups in total. The molecule has 0 saturated carbocycles. The fraction of sp³-hybridized carbons (Fsp3) is 0.222. The second-order valence-electron chi connectivity index (χ2n) is 5.24. The Labute approximate surface area is 154 Å². The Morgan fingerprint density at radius 3 is 2.77 bits per heavy atom. The highest BCUT2D eigenvalue weighted by Crippen LogP contribution is 2.16. The predicted octanol–water partition coefficient (Wildman–Crippen LogP) is 2.36. The lowest BCUT2D eigenvalue weighted by molar-refractivity contribution is -0.142. The van der Waals surface area contributed by atoms with Gasteiger partial charge in [0.05, 0.1) is 19.2 Å². The molecule has 0 radical (unpaired) electrons. The third kappa shape index (κ3) is 6.14. The number of benzene rings is 1. The van der Waals surface area contributed by atoms with Gasteiger partial charge in [-0.15, -0.1) is 11.3 Å². The van der Waals surface area contributed by atoms with Crippen molar-refractivity contribution in [3.8, 4) is 0 Å². The molecule has 0 saturated heterocycles. The van der Waals surface area contributed by atoms with Gasteiger partial charge < -0.3 is 9.47 Å². The normalized spacial score (nSPS) is 10.5. The van der Waals surface area contributed by atoms with E-state index in [1.807, 2.05) is 31.2 Å². The van der Waals surface area contributed by atoms with Crippen LogP contribution in [-0.2, 0) is 30.3 Å². The van der Waals surface area contributed by atoms with Crippen molar-refractivity contribution in [3.63, 3.8) is 0 Å². The van der Waals surface area contributed by atoms with Crippen molar-refractivity contribution in [1.29, 1.82) is 0 Å². The monoisotopic (exact) mass is 374 g/mol. The van der Waals surface area contributed by atoms with Gasteiger partial charge in [0.2, 0.25) is 0 Å². The van der Waals surface area contributed by atoms with Crippen molar-refractivity contribution in [2.75, 3.05) is 19.0 Å². The number of methoxy groups -OCH3 is 1. The van der Waals surface area contributed by atoms with Crippen LogP contribution in [0.3, 0.4) is 0 Å². The molecule has 136 valence electrons. The van der Waals surface area contributed by atoms with E-state index >= 15 is 0 Å². The van der Waals surface area contributed by atoms with E-state index in [0.29, 0.717) is 10.8 Å². The summed E-state index contributed by atoms with van der Waals surface area (Å²) in [6, 6.07) is 7.58. The van der Waals surface area contributed by atoms with Crippen LogP contribution in [0.5, 0.6) is 0 Å². The van der Waals surface area contributed by atoms with Crippen LogP contribution in [0.4, 0.5) is 5.13 Å². The number of rotatable bonds is 7. The second-order valence-corrected chi connectivity index (χ2v) is 6.10. The van der Waals surface area contributed by atoms with Crippen molar-refractivity contribution in [1.82, 2.24) is 4.98 Å². The van der Waals surface area contributed by atoms with Crippen molar-refractivity contribution >= 4 is 40.4 Å². The Morgan fingerprint density at radius 2 is 2.04 bits per heavy atom. The molecule has 0 unspecified atom stereocenters. The third-order valence-corrected chi connectivity index (χ3v) is 4.09. The lowest BCUT2D eigenvalue weighted by Crippen LogP contribution is -2.20. The van der Waals surface area contributed by atoms with E-state index in [2.05, 4.69) is 15.0 Å². The maximum absolute atomic E-state index is 11.8. The quantitative estimate of drug-likeness (QED) is 0.591. The van der Waals surface area contributed by atoms with Crippen LogP contribution in [0.25, 0.3) is 6.08 Å². The van der Waals surface area contributed by atoms with E-state index in [-0.39, 0.29) is 6.42 Å². The number of carbonyl (C=O) groups is 3. The van der Waals surface area contributed by atoms with E-state index < -0.39 is 24.5 Å². The molecule has 0 aliphatic rings. The summed E-state index contributed by atoms with van der Waals surface area (Å²) in [5.41, 5.74) is 2.42. The van der Waals surface area contributed by atoms with Crippen LogP contribution >= 0.6 is 11.3 Å². The average molecular weight is 374 g/mol. The lowest BCUT2D eigenvalue weighted by atomic mass is 10.1. The highest BCUT2D eigenvalue weighted by molar-refractivity contribution is 7.13. The minimum Gasteiger partial charge on any atom is -0.469 e. The average Bonchev–Trinajstić information content (AvgIpc) is 3.05. The zero-order valence-corrected chi connectivity index (χ0v) is 15.2. The number of hydrogen-bond acceptors (Lipinski definition) is 7. The van der Waals surface area contributed by atoms with Gasteiger partial charge in [0.1, 0.15) is 0 Å². The fourth-order valence-corrected chi connectivity index (χ4v) is 2.66. The molecule has 0 fully saturated rings. The van der Waals surface area contributed by atoms with Gasteiger partial charge in [0.15, 0.2) is 11.7 Å². The number of amides is 1. The maximum Gasteiger partial charge on any atom is 0.331 e. The lowest BCUT2D eigenvalue weighted by Gasteiger charge is -2.02. The van der Waals surface area contributed by atoms with Crippen LogP contribution in [0.1, 0.15) is 16.8 Å². The van der Waals surface area contributed by atoms with E-state index in [4.69, 9.17) is 4.74 Å². The van der Waals surface area contributed by atoms with Crippen molar-refractivity contribution in [2.45, 2.75) is 13.3 Å². The van der Waals surface area contributed by atoms with Crippen LogP contribution in [-0.4, -0.2) is 36.5 Å². The van der Waals surface area contributed by atoms with Crippen molar-refractivity contribution in [3.05, 3.63) is 52.5 Å². The summed E-state index contributed by atoms with van der Waals surface area (Å²) >= 11 is 1.17. The van der Waals surface area contributed by atoms with Crippen LogP contribution in [0.15, 0.2) is 35.7 Å². The first kappa shape index (κ1) is 19.3. The molecule has 8 heteroatoms. The molecular formula is C18H18N2O5S. The van der Waals surface area contributed by atoms with E-state index in [9.17, 15) is 14.4 Å². The van der Waals surface area contributed by atoms with E-state index in [0.717, 1.165) is 11.1 Å². The molecule has 7 nitrogen and oxygen atoms in total. The summed E-state index contributed by atoms with van der Waals surface area (Å²) in [5, 5.41) is 4.47. The highest BCUT2D eigenvalue weighted by atomic mass is 32.1. The molecule has 1 aromatic heterocycles. The molecule has 0 bridgehead atoms. The molecule has 0 aliphatic carbocycles. The summed E-state index contributed by atoms with van der Waals surface area (Å²) in [4.78, 5) is 38.7. The van der Waals surface area contributed by atoms with Gasteiger partial charge in [0.25, 0.3) is 5.91 Å². The summed E-state index contributed by atoms with van der Waals surface area (Å²) in [5.74, 6) is -1.54. The number of nitrogens with zero attached hydrogens (tertiary/aromatic N) is 1. The number of aryl methyl sites for hydroxylation is 1. The third-order valence-electron chi connectivity index (χ3n) is 3.28. The smallest absolute Gasteiger partial charge is 0.331 e. The minimum absolute atomic E-state index is 0.0293. The first-order chi connectivity index (χ1) is 12.5. The largest absolute Gasteiger partial charge is 0.469 e. The first-order valence-electron chi connectivity index (χ1n) is 7.69. The number of anilines is 1. The van der Waals surface area contributed by atoms with Gasteiger partial charge in [0, 0.05) is 11.5 Å². The molecule has 1 amide bonds. The van der Waals surface area contributed by atoms with Gasteiger partial charge in [-0.2, -0.15) is 0 Å². The molecule has 2 aromatic rings. The van der Waals surface area contributed by atoms with Crippen LogP contribution in [0, 0.1) is 6.92 Å². The maximum atomic E-state index is 11.8. The summed E-state index contributed by atoms with van der Waals surface area (Å²) in [6.45, 7) is 1.50. The molecule has 2 rings (SSSR count). The van der Waals surface area contributed by atoms with Gasteiger partial charge in [-0.3, -0.25) is 14.9 Å². The van der Waals surface area contributed by atoms with Gasteiger partial charge in [-0.05, 0) is 24.1 Å². The molecule has 0 spiro atoms. The first-order valence-corrected chi connectivity index (χ1v) is 8.57. The molecule has 0 atom stereocenters.